The van der Waals surface area contributed by atoms with Gasteiger partial charge in [-0.3, -0.25) is 0 Å². The lowest BCUT2D eigenvalue weighted by atomic mass is 10.1. The zero-order chi connectivity index (χ0) is 16.4. The molecule has 6 nitrogen and oxygen atoms in total. The van der Waals surface area contributed by atoms with Gasteiger partial charge in [0.2, 0.25) is 0 Å². The molecule has 22 heavy (non-hydrogen) atoms. The fourth-order valence-electron chi connectivity index (χ4n) is 2.14. The van der Waals surface area contributed by atoms with Crippen molar-refractivity contribution in [2.24, 2.45) is 0 Å². The first-order valence-electron chi connectivity index (χ1n) is 7.17. The topological polar surface area (TPSA) is 81.2 Å². The maximum Gasteiger partial charge on any atom is 0.422 e. The van der Waals surface area contributed by atoms with Crippen LogP contribution < -0.4 is 0 Å². The lowest BCUT2D eigenvalue weighted by molar-refractivity contribution is -0.140. The fourth-order valence-corrected chi connectivity index (χ4v) is 4.33. The van der Waals surface area contributed by atoms with E-state index in [9.17, 15) is 4.79 Å². The van der Waals surface area contributed by atoms with Crippen LogP contribution in [-0.2, 0) is 18.4 Å². The van der Waals surface area contributed by atoms with Crippen LogP contribution in [0.3, 0.4) is 0 Å². The van der Waals surface area contributed by atoms with Gasteiger partial charge < -0.3 is 19.1 Å². The Morgan fingerprint density at radius 3 is 2.36 bits per heavy atom. The molecule has 0 aliphatic rings. The van der Waals surface area contributed by atoms with Gasteiger partial charge in [-0.25, -0.2) is 4.79 Å². The summed E-state index contributed by atoms with van der Waals surface area (Å²) in [6.45, 7) is 2.25. The average Bonchev–Trinajstić information content (AvgIpc) is 2.57. The summed E-state index contributed by atoms with van der Waals surface area (Å²) >= 11 is 0. The summed E-state index contributed by atoms with van der Waals surface area (Å²) in [7, 11) is 1.14. The van der Waals surface area contributed by atoms with E-state index < -0.39 is 14.5 Å². The maximum atomic E-state index is 11.9. The lowest BCUT2D eigenvalue weighted by Crippen LogP contribution is -2.39. The Hall–Kier alpha value is -1.79. The average molecular weight is 322 g/mol. The Kier molecular flexibility index (Phi) is 7.69. The summed E-state index contributed by atoms with van der Waals surface area (Å²) in [6.07, 6.45) is 0.640. The van der Waals surface area contributed by atoms with E-state index in [4.69, 9.17) is 19.1 Å². The van der Waals surface area contributed by atoms with E-state index in [1.54, 1.807) is 38.5 Å². The van der Waals surface area contributed by atoms with Crippen molar-refractivity contribution < 1.29 is 23.2 Å². The number of hydrogen-bond donors (Lipinski definition) is 0. The van der Waals surface area contributed by atoms with Crippen LogP contribution in [0, 0.1) is 0 Å². The SMILES string of the molecule is CC[Si](CCCOC(=O)C(=[N+]=[N-])c1ccccc1)(OC)OC. The third kappa shape index (κ3) is 4.89. The van der Waals surface area contributed by atoms with Crippen molar-refractivity contribution >= 4 is 20.2 Å². The van der Waals surface area contributed by atoms with Crippen LogP contribution in [0.15, 0.2) is 30.3 Å². The molecule has 120 valence electrons. The molecule has 0 atom stereocenters. The van der Waals surface area contributed by atoms with Crippen molar-refractivity contribution in [3.05, 3.63) is 41.4 Å². The van der Waals surface area contributed by atoms with Crippen LogP contribution in [0.5, 0.6) is 0 Å². The molecule has 0 radical (unpaired) electrons. The monoisotopic (exact) mass is 322 g/mol. The minimum absolute atomic E-state index is 0.0990. The molecule has 0 N–H and O–H groups in total. The molecule has 0 heterocycles. The maximum absolute atomic E-state index is 11.9. The summed E-state index contributed by atoms with van der Waals surface area (Å²) in [6, 6.07) is 10.3. The highest BCUT2D eigenvalue weighted by Gasteiger charge is 2.33. The number of nitrogens with zero attached hydrogens (tertiary/aromatic N) is 2. The van der Waals surface area contributed by atoms with E-state index in [2.05, 4.69) is 4.79 Å². The molecular formula is C15H22N2O4Si. The molecule has 0 aliphatic heterocycles. The van der Waals surface area contributed by atoms with Gasteiger partial charge in [0.25, 0.3) is 0 Å². The van der Waals surface area contributed by atoms with Crippen LogP contribution >= 0.6 is 0 Å². The van der Waals surface area contributed by atoms with E-state index in [0.717, 1.165) is 12.1 Å². The Bertz CT molecular complexity index is 517. The van der Waals surface area contributed by atoms with Crippen LogP contribution in [0.1, 0.15) is 18.9 Å². The van der Waals surface area contributed by atoms with E-state index in [0.29, 0.717) is 12.0 Å². The Morgan fingerprint density at radius 2 is 1.86 bits per heavy atom. The molecule has 1 aromatic carbocycles. The highest BCUT2D eigenvalue weighted by atomic mass is 28.4. The predicted molar refractivity (Wildman–Crippen MR) is 84.8 cm³/mol. The fraction of sp³-hybridized carbons (Fsp3) is 0.467. The second kappa shape index (κ2) is 9.27. The van der Waals surface area contributed by atoms with Crippen molar-refractivity contribution in [1.29, 1.82) is 0 Å². The number of carbonyl (C=O) groups is 1. The van der Waals surface area contributed by atoms with Gasteiger partial charge in [-0.1, -0.05) is 25.1 Å². The summed E-state index contributed by atoms with van der Waals surface area (Å²) in [5.74, 6) is -0.646. The standard InChI is InChI=1S/C15H22N2O4Si/c1-4-22(19-2,20-3)12-8-11-21-15(18)14(17-16)13-9-6-5-7-10-13/h5-7,9-10H,4,8,11-12H2,1-3H3. The van der Waals surface area contributed by atoms with Gasteiger partial charge in [0.1, 0.15) is 0 Å². The summed E-state index contributed by atoms with van der Waals surface area (Å²) in [5, 5.41) is 0. The third-order valence-corrected chi connectivity index (χ3v) is 7.24. The van der Waals surface area contributed by atoms with Gasteiger partial charge in [0.15, 0.2) is 0 Å². The van der Waals surface area contributed by atoms with Crippen LogP contribution in [0.2, 0.25) is 12.1 Å². The van der Waals surface area contributed by atoms with Crippen LogP contribution in [-0.4, -0.2) is 45.9 Å². The van der Waals surface area contributed by atoms with Crippen LogP contribution in [0.4, 0.5) is 0 Å². The molecule has 0 aromatic heterocycles. The van der Waals surface area contributed by atoms with Crippen molar-refractivity contribution in [1.82, 2.24) is 0 Å². The molecular weight excluding hydrogens is 300 g/mol. The zero-order valence-corrected chi connectivity index (χ0v) is 14.2. The third-order valence-electron chi connectivity index (χ3n) is 3.56. The van der Waals surface area contributed by atoms with Gasteiger partial charge >= 0.3 is 20.2 Å². The molecule has 7 heteroatoms. The number of rotatable bonds is 9. The quantitative estimate of drug-likeness (QED) is 0.175. The van der Waals surface area contributed by atoms with E-state index in [1.807, 2.05) is 13.0 Å². The second-order valence-corrected chi connectivity index (χ2v) is 8.57. The number of hydrogen-bond acceptors (Lipinski definition) is 4. The molecule has 0 fully saturated rings. The van der Waals surface area contributed by atoms with E-state index in [-0.39, 0.29) is 12.3 Å². The van der Waals surface area contributed by atoms with Crippen molar-refractivity contribution in [2.75, 3.05) is 20.8 Å². The first-order chi connectivity index (χ1) is 10.6. The lowest BCUT2D eigenvalue weighted by Gasteiger charge is -2.25. The van der Waals surface area contributed by atoms with Crippen molar-refractivity contribution in [2.45, 2.75) is 25.4 Å². The van der Waals surface area contributed by atoms with Crippen molar-refractivity contribution in [3.8, 4) is 0 Å². The molecule has 0 spiro atoms. The van der Waals surface area contributed by atoms with Gasteiger partial charge in [0.05, 0.1) is 12.2 Å². The molecule has 1 rings (SSSR count). The smallest absolute Gasteiger partial charge is 0.422 e. The molecule has 0 bridgehead atoms. The number of ether oxygens (including phenoxy) is 1. The largest absolute Gasteiger partial charge is 0.457 e. The molecule has 1 aromatic rings. The summed E-state index contributed by atoms with van der Waals surface area (Å²) in [5.41, 5.74) is 9.42. The van der Waals surface area contributed by atoms with E-state index in [1.165, 1.54) is 0 Å². The summed E-state index contributed by atoms with van der Waals surface area (Å²) in [4.78, 5) is 15.0. The molecule has 0 saturated carbocycles. The van der Waals surface area contributed by atoms with Crippen LogP contribution in [0.25, 0.3) is 5.53 Å². The highest BCUT2D eigenvalue weighted by Crippen LogP contribution is 2.18. The minimum Gasteiger partial charge on any atom is -0.457 e. The van der Waals surface area contributed by atoms with E-state index >= 15 is 0 Å². The second-order valence-electron chi connectivity index (χ2n) is 4.73. The van der Waals surface area contributed by atoms with Gasteiger partial charge in [-0.2, -0.15) is 4.79 Å². The zero-order valence-electron chi connectivity index (χ0n) is 13.2. The van der Waals surface area contributed by atoms with Gasteiger partial charge in [0, 0.05) is 14.2 Å². The number of esters is 1. The molecule has 0 saturated heterocycles. The molecule has 0 amide bonds. The normalized spacial score (nSPS) is 10.9. The predicted octanol–water partition coefficient (Wildman–Crippen LogP) is 2.39. The minimum atomic E-state index is -2.16. The molecule has 0 unspecified atom stereocenters. The first kappa shape index (κ1) is 18.3. The summed E-state index contributed by atoms with van der Waals surface area (Å²) < 4.78 is 16.1. The Morgan fingerprint density at radius 1 is 1.23 bits per heavy atom. The van der Waals surface area contributed by atoms with Gasteiger partial charge in [-0.15, -0.1) is 0 Å². The van der Waals surface area contributed by atoms with Crippen molar-refractivity contribution in [3.63, 3.8) is 0 Å². The Labute approximate surface area is 131 Å². The number of carbonyl (C=O) groups excluding carboxylic acids is 1. The Balaban J connectivity index is 2.51. The highest BCUT2D eigenvalue weighted by molar-refractivity contribution is 6.67. The van der Waals surface area contributed by atoms with Gasteiger partial charge in [-0.05, 0) is 30.6 Å². The number of benzene rings is 1. The molecule has 0 aliphatic carbocycles. The first-order valence-corrected chi connectivity index (χ1v) is 9.40.